The number of phenols is 1. The van der Waals surface area contributed by atoms with Crippen molar-refractivity contribution < 1.29 is 28.2 Å². The number of carbonyl (C=O) groups excluding carboxylic acids is 1. The van der Waals surface area contributed by atoms with E-state index in [2.05, 4.69) is 10.3 Å². The Morgan fingerprint density at radius 2 is 2.08 bits per heavy atom. The molecule has 0 radical (unpaired) electrons. The van der Waals surface area contributed by atoms with Crippen molar-refractivity contribution in [1.82, 2.24) is 14.9 Å². The minimum atomic E-state index is -5.00. The number of nitrogens with one attached hydrogen (secondary N) is 1. The molecule has 0 aliphatic rings. The molecule has 1 unspecified atom stereocenters. The van der Waals surface area contributed by atoms with Crippen molar-refractivity contribution in [2.24, 2.45) is 7.05 Å². The molecule has 0 spiro atoms. The first-order valence-electron chi connectivity index (χ1n) is 7.10. The Bertz CT molecular complexity index is 759. The summed E-state index contributed by atoms with van der Waals surface area (Å²) in [6.45, 7) is -0.521. The van der Waals surface area contributed by atoms with Crippen LogP contribution in [-0.4, -0.2) is 38.4 Å². The molecule has 0 saturated carbocycles. The quantitative estimate of drug-likeness (QED) is 0.746. The zero-order valence-corrected chi connectivity index (χ0v) is 13.8. The first-order chi connectivity index (χ1) is 11.6. The number of halogens is 4. The molecule has 25 heavy (non-hydrogen) atoms. The van der Waals surface area contributed by atoms with Crippen LogP contribution in [0, 0.1) is 0 Å². The standard InChI is InChI=1S/C15H15ClF3N3O3/c1-22-8-7-21-13(22)14(25,15(17,18)19)5-6-20-12(24)11-9(16)3-2-4-10(11)23/h2-4,7-8,23,25H,5-6H2,1H3,(H,20,24). The number of nitrogens with zero attached hydrogens (tertiary/aromatic N) is 2. The van der Waals surface area contributed by atoms with Crippen LogP contribution < -0.4 is 5.32 Å². The Balaban J connectivity index is 2.15. The summed E-state index contributed by atoms with van der Waals surface area (Å²) < 4.78 is 41.1. The lowest BCUT2D eigenvalue weighted by Gasteiger charge is -2.30. The summed E-state index contributed by atoms with van der Waals surface area (Å²) in [7, 11) is 1.32. The number of aromatic nitrogens is 2. The minimum absolute atomic E-state index is 0.0484. The Hall–Kier alpha value is -2.26. The van der Waals surface area contributed by atoms with E-state index in [0.29, 0.717) is 0 Å². The van der Waals surface area contributed by atoms with Gasteiger partial charge in [-0.15, -0.1) is 0 Å². The fourth-order valence-corrected chi connectivity index (χ4v) is 2.58. The number of aromatic hydroxyl groups is 1. The number of benzene rings is 1. The van der Waals surface area contributed by atoms with Gasteiger partial charge in [0.2, 0.25) is 5.60 Å². The van der Waals surface area contributed by atoms with Crippen molar-refractivity contribution in [1.29, 1.82) is 0 Å². The number of rotatable bonds is 5. The van der Waals surface area contributed by atoms with Crippen molar-refractivity contribution in [2.45, 2.75) is 18.2 Å². The van der Waals surface area contributed by atoms with E-state index in [1.54, 1.807) is 0 Å². The van der Waals surface area contributed by atoms with Crippen LogP contribution in [0.15, 0.2) is 30.6 Å². The third kappa shape index (κ3) is 3.72. The zero-order valence-electron chi connectivity index (χ0n) is 13.0. The second kappa shape index (κ2) is 6.93. The first kappa shape index (κ1) is 19.1. The summed E-state index contributed by atoms with van der Waals surface area (Å²) in [4.78, 5) is 15.6. The molecule has 10 heteroatoms. The van der Waals surface area contributed by atoms with E-state index in [1.165, 1.54) is 31.4 Å². The molecule has 1 aromatic heterocycles. The predicted octanol–water partition coefficient (Wildman–Crippen LogP) is 2.35. The molecule has 2 rings (SSSR count). The lowest BCUT2D eigenvalue weighted by atomic mass is 9.97. The largest absolute Gasteiger partial charge is 0.507 e. The van der Waals surface area contributed by atoms with Crippen molar-refractivity contribution in [3.63, 3.8) is 0 Å². The van der Waals surface area contributed by atoms with Gasteiger partial charge in [-0.2, -0.15) is 13.2 Å². The maximum absolute atomic E-state index is 13.3. The van der Waals surface area contributed by atoms with Gasteiger partial charge in [-0.05, 0) is 12.1 Å². The highest BCUT2D eigenvalue weighted by atomic mass is 35.5. The number of phenolic OH excluding ortho intramolecular Hbond substituents is 1. The third-order valence-corrected chi connectivity index (χ3v) is 3.97. The van der Waals surface area contributed by atoms with Gasteiger partial charge < -0.3 is 20.1 Å². The summed E-state index contributed by atoms with van der Waals surface area (Å²) >= 11 is 5.80. The number of amides is 1. The van der Waals surface area contributed by atoms with E-state index in [1.807, 2.05) is 0 Å². The SMILES string of the molecule is Cn1ccnc1C(O)(CCNC(=O)c1c(O)cccc1Cl)C(F)(F)F. The molecule has 136 valence electrons. The topological polar surface area (TPSA) is 87.4 Å². The molecular weight excluding hydrogens is 363 g/mol. The van der Waals surface area contributed by atoms with Crippen LogP contribution in [0.3, 0.4) is 0 Å². The van der Waals surface area contributed by atoms with Crippen molar-refractivity contribution in [3.05, 3.63) is 47.0 Å². The summed E-state index contributed by atoms with van der Waals surface area (Å²) in [6.07, 6.45) is -3.46. The predicted molar refractivity (Wildman–Crippen MR) is 83.2 cm³/mol. The fourth-order valence-electron chi connectivity index (χ4n) is 2.33. The highest BCUT2D eigenvalue weighted by molar-refractivity contribution is 6.34. The average molecular weight is 378 g/mol. The highest BCUT2D eigenvalue weighted by Gasteiger charge is 2.57. The van der Waals surface area contributed by atoms with Gasteiger partial charge >= 0.3 is 6.18 Å². The van der Waals surface area contributed by atoms with Gasteiger partial charge in [-0.3, -0.25) is 4.79 Å². The van der Waals surface area contributed by atoms with Gasteiger partial charge in [0, 0.05) is 32.4 Å². The van der Waals surface area contributed by atoms with Gasteiger partial charge in [-0.25, -0.2) is 4.98 Å². The molecule has 1 amide bonds. The number of aliphatic hydroxyl groups is 1. The third-order valence-electron chi connectivity index (χ3n) is 3.65. The van der Waals surface area contributed by atoms with Gasteiger partial charge in [-0.1, -0.05) is 17.7 Å². The maximum atomic E-state index is 13.3. The molecule has 0 saturated heterocycles. The molecule has 1 heterocycles. The molecule has 1 aromatic carbocycles. The minimum Gasteiger partial charge on any atom is -0.507 e. The van der Waals surface area contributed by atoms with E-state index in [0.717, 1.165) is 10.8 Å². The average Bonchev–Trinajstić information content (AvgIpc) is 2.92. The van der Waals surface area contributed by atoms with Crippen molar-refractivity contribution in [3.8, 4) is 5.75 Å². The number of carbonyl (C=O) groups is 1. The van der Waals surface area contributed by atoms with E-state index in [4.69, 9.17) is 11.6 Å². The molecular formula is C15H15ClF3N3O3. The lowest BCUT2D eigenvalue weighted by molar-refractivity contribution is -0.272. The van der Waals surface area contributed by atoms with Crippen LogP contribution >= 0.6 is 11.6 Å². The summed E-state index contributed by atoms with van der Waals surface area (Å²) in [5, 5.41) is 22.0. The molecule has 0 aliphatic carbocycles. The van der Waals surface area contributed by atoms with Crippen LogP contribution in [0.1, 0.15) is 22.6 Å². The monoisotopic (exact) mass is 377 g/mol. The number of hydrogen-bond acceptors (Lipinski definition) is 4. The fraction of sp³-hybridized carbons (Fsp3) is 0.333. The molecule has 2 aromatic rings. The Morgan fingerprint density at radius 1 is 1.40 bits per heavy atom. The van der Waals surface area contributed by atoms with Crippen LogP contribution in [-0.2, 0) is 12.6 Å². The molecule has 0 aliphatic heterocycles. The van der Waals surface area contributed by atoms with Gasteiger partial charge in [0.1, 0.15) is 11.6 Å². The maximum Gasteiger partial charge on any atom is 0.424 e. The molecule has 1 atom stereocenters. The molecule has 6 nitrogen and oxygen atoms in total. The Labute approximate surface area is 145 Å². The number of hydrogen-bond donors (Lipinski definition) is 3. The Morgan fingerprint density at radius 3 is 2.60 bits per heavy atom. The first-order valence-corrected chi connectivity index (χ1v) is 7.48. The number of alkyl halides is 3. The van der Waals surface area contributed by atoms with Gasteiger partial charge in [0.15, 0.2) is 0 Å². The highest BCUT2D eigenvalue weighted by Crippen LogP contribution is 2.40. The zero-order chi connectivity index (χ0) is 18.8. The van der Waals surface area contributed by atoms with Crippen LogP contribution in [0.2, 0.25) is 5.02 Å². The van der Waals surface area contributed by atoms with E-state index in [-0.39, 0.29) is 10.6 Å². The van der Waals surface area contributed by atoms with Crippen LogP contribution in [0.4, 0.5) is 13.2 Å². The summed E-state index contributed by atoms with van der Waals surface area (Å²) in [5.41, 5.74) is -3.49. The lowest BCUT2D eigenvalue weighted by Crippen LogP contribution is -2.46. The van der Waals surface area contributed by atoms with Crippen molar-refractivity contribution >= 4 is 17.5 Å². The van der Waals surface area contributed by atoms with Gasteiger partial charge in [0.05, 0.1) is 10.6 Å². The van der Waals surface area contributed by atoms with Gasteiger partial charge in [0.25, 0.3) is 5.91 Å². The smallest absolute Gasteiger partial charge is 0.424 e. The second-order valence-electron chi connectivity index (χ2n) is 5.36. The normalized spacial score (nSPS) is 14.2. The van der Waals surface area contributed by atoms with Crippen LogP contribution in [0.5, 0.6) is 5.75 Å². The Kier molecular flexibility index (Phi) is 5.28. The van der Waals surface area contributed by atoms with Crippen LogP contribution in [0.25, 0.3) is 0 Å². The molecule has 0 fully saturated rings. The summed E-state index contributed by atoms with van der Waals surface area (Å²) in [6, 6.07) is 3.99. The van der Waals surface area contributed by atoms with E-state index < -0.39 is 42.2 Å². The van der Waals surface area contributed by atoms with E-state index in [9.17, 15) is 28.2 Å². The number of aryl methyl sites for hydroxylation is 1. The van der Waals surface area contributed by atoms with Crippen molar-refractivity contribution in [2.75, 3.05) is 6.54 Å². The summed E-state index contributed by atoms with van der Waals surface area (Å²) in [5.74, 6) is -1.84. The van der Waals surface area contributed by atoms with E-state index >= 15 is 0 Å². The number of imidazole rings is 1. The molecule has 0 bridgehead atoms. The second-order valence-corrected chi connectivity index (χ2v) is 5.77. The molecule has 3 N–H and O–H groups in total.